The van der Waals surface area contributed by atoms with Crippen LogP contribution in [-0.2, 0) is 5.41 Å². The van der Waals surface area contributed by atoms with E-state index >= 15 is 0 Å². The zero-order valence-corrected chi connectivity index (χ0v) is 34.8. The Hall–Kier alpha value is -8.08. The minimum absolute atomic E-state index is 0.259. The molecule has 0 N–H and O–H groups in total. The van der Waals surface area contributed by atoms with E-state index in [1.54, 1.807) is 0 Å². The van der Waals surface area contributed by atoms with Crippen molar-refractivity contribution in [2.24, 2.45) is 0 Å². The number of fused-ring (bicyclic) bond motifs is 13. The van der Waals surface area contributed by atoms with Gasteiger partial charge in [-0.25, -0.2) is 0 Å². The summed E-state index contributed by atoms with van der Waals surface area (Å²) in [6.45, 7) is 4.80. The highest BCUT2D eigenvalue weighted by atomic mass is 16.3. The first-order valence-corrected chi connectivity index (χ1v) is 21.7. The molecule has 13 rings (SSSR count). The minimum atomic E-state index is -0.259. The molecule has 0 amide bonds. The van der Waals surface area contributed by atoms with Crippen LogP contribution < -0.4 is 9.80 Å². The Labute approximate surface area is 364 Å². The second-order valence-corrected chi connectivity index (χ2v) is 17.3. The van der Waals surface area contributed by atoms with Gasteiger partial charge in [0.1, 0.15) is 11.2 Å². The summed E-state index contributed by atoms with van der Waals surface area (Å²) in [7, 11) is 0. The lowest BCUT2D eigenvalue weighted by molar-refractivity contribution is 0.668. The number of para-hydroxylation sites is 6. The Balaban J connectivity index is 0.936. The van der Waals surface area contributed by atoms with E-state index in [9.17, 15) is 0 Å². The number of hydrogen-bond donors (Lipinski definition) is 0. The van der Waals surface area contributed by atoms with Crippen molar-refractivity contribution in [3.05, 3.63) is 217 Å². The molecule has 4 heteroatoms. The molecule has 1 aliphatic rings. The second-order valence-electron chi connectivity index (χ2n) is 17.3. The molecule has 2 aromatic heterocycles. The highest BCUT2D eigenvalue weighted by molar-refractivity contribution is 6.12. The van der Waals surface area contributed by atoms with Crippen molar-refractivity contribution in [2.45, 2.75) is 19.3 Å². The van der Waals surface area contributed by atoms with Crippen LogP contribution in [0, 0.1) is 0 Å². The number of nitrogens with zero attached hydrogens (tertiary/aromatic N) is 2. The molecular weight excluding hydrogens is 769 g/mol. The zero-order chi connectivity index (χ0) is 41.8. The molecular formula is C59H40N2O2. The summed E-state index contributed by atoms with van der Waals surface area (Å²) in [5.41, 5.74) is 14.9. The van der Waals surface area contributed by atoms with Crippen LogP contribution in [0.1, 0.15) is 25.0 Å². The van der Waals surface area contributed by atoms with Crippen molar-refractivity contribution in [2.75, 3.05) is 9.80 Å². The van der Waals surface area contributed by atoms with Gasteiger partial charge in [-0.15, -0.1) is 0 Å². The number of rotatable bonds is 6. The Bertz CT molecular complexity index is 3540. The molecule has 0 radical (unpaired) electrons. The van der Waals surface area contributed by atoms with E-state index in [0.717, 1.165) is 78.0 Å². The van der Waals surface area contributed by atoms with Gasteiger partial charge < -0.3 is 18.6 Å². The standard InChI is InChI=1S/C59H40N2O2/c1-59(2)55-43-33-29-41(60(39-15-5-3-6-16-39)51-23-13-21-49-45-19-9-11-25-53(45)62-57(49)51)35-37(43)27-31-47(55)48-32-28-38-36-42(30-34-44(38)56(48)59)61(40-17-7-4-8-18-40)52-24-14-22-50-46-20-10-12-26-54(46)63-58(50)52/h3-36H,1-2H3. The molecule has 10 aromatic carbocycles. The smallest absolute Gasteiger partial charge is 0.159 e. The van der Waals surface area contributed by atoms with Gasteiger partial charge in [-0.1, -0.05) is 147 Å². The maximum Gasteiger partial charge on any atom is 0.159 e. The normalized spacial score (nSPS) is 13.0. The highest BCUT2D eigenvalue weighted by Crippen LogP contribution is 2.55. The number of anilines is 6. The molecule has 0 fully saturated rings. The van der Waals surface area contributed by atoms with E-state index in [-0.39, 0.29) is 5.41 Å². The van der Waals surface area contributed by atoms with E-state index in [1.165, 1.54) is 43.8 Å². The summed E-state index contributed by atoms with van der Waals surface area (Å²) in [4.78, 5) is 4.66. The molecule has 63 heavy (non-hydrogen) atoms. The third-order valence-corrected chi connectivity index (χ3v) is 13.3. The van der Waals surface area contributed by atoms with Crippen molar-refractivity contribution in [3.8, 4) is 11.1 Å². The summed E-state index contributed by atoms with van der Waals surface area (Å²) >= 11 is 0. The molecule has 2 heterocycles. The van der Waals surface area contributed by atoms with Gasteiger partial charge in [0.15, 0.2) is 11.2 Å². The van der Waals surface area contributed by atoms with Gasteiger partial charge in [0, 0.05) is 49.7 Å². The first-order valence-electron chi connectivity index (χ1n) is 21.7. The fourth-order valence-corrected chi connectivity index (χ4v) is 10.7. The Kier molecular flexibility index (Phi) is 7.62. The average Bonchev–Trinajstić information content (AvgIpc) is 3.98. The summed E-state index contributed by atoms with van der Waals surface area (Å²) < 4.78 is 13.2. The Morgan fingerprint density at radius 3 is 1.21 bits per heavy atom. The molecule has 1 aliphatic carbocycles. The SMILES string of the molecule is CC1(C)c2c(ccc3cc(N(c4ccccc4)c4cccc5c4oc4ccccc45)ccc23)-c2ccc3cc(N(c4ccccc4)c4cccc5c4oc4ccccc45)ccc3c21. The minimum Gasteiger partial charge on any atom is -0.454 e. The van der Waals surface area contributed by atoms with E-state index in [0.29, 0.717) is 0 Å². The Morgan fingerprint density at radius 1 is 0.333 bits per heavy atom. The molecule has 0 saturated carbocycles. The van der Waals surface area contributed by atoms with Crippen LogP contribution in [0.4, 0.5) is 34.1 Å². The molecule has 0 spiro atoms. The van der Waals surface area contributed by atoms with Gasteiger partial charge >= 0.3 is 0 Å². The lowest BCUT2D eigenvalue weighted by Gasteiger charge is -2.28. The molecule has 0 unspecified atom stereocenters. The summed E-state index contributed by atoms with van der Waals surface area (Å²) in [6, 6.07) is 73.9. The quantitative estimate of drug-likeness (QED) is 0.168. The molecule has 4 nitrogen and oxygen atoms in total. The molecule has 0 atom stereocenters. The monoisotopic (exact) mass is 808 g/mol. The van der Waals surface area contributed by atoms with Crippen LogP contribution in [0.3, 0.4) is 0 Å². The maximum atomic E-state index is 6.60. The number of benzene rings is 10. The van der Waals surface area contributed by atoms with Gasteiger partial charge in [0.2, 0.25) is 0 Å². The number of furan rings is 2. The van der Waals surface area contributed by atoms with Crippen molar-refractivity contribution >= 4 is 99.5 Å². The lowest BCUT2D eigenvalue weighted by atomic mass is 9.78. The largest absolute Gasteiger partial charge is 0.454 e. The lowest BCUT2D eigenvalue weighted by Crippen LogP contribution is -2.16. The molecule has 298 valence electrons. The van der Waals surface area contributed by atoms with Crippen LogP contribution in [0.2, 0.25) is 0 Å². The van der Waals surface area contributed by atoms with Crippen molar-refractivity contribution in [1.82, 2.24) is 0 Å². The average molecular weight is 809 g/mol. The van der Waals surface area contributed by atoms with Crippen LogP contribution in [0.25, 0.3) is 76.5 Å². The van der Waals surface area contributed by atoms with Gasteiger partial charge in [-0.2, -0.15) is 0 Å². The zero-order valence-electron chi connectivity index (χ0n) is 34.8. The van der Waals surface area contributed by atoms with Gasteiger partial charge in [0.25, 0.3) is 0 Å². The van der Waals surface area contributed by atoms with Gasteiger partial charge in [-0.05, 0) is 117 Å². The predicted octanol–water partition coefficient (Wildman–Crippen LogP) is 17.0. The third kappa shape index (κ3) is 5.28. The van der Waals surface area contributed by atoms with Crippen molar-refractivity contribution in [3.63, 3.8) is 0 Å². The predicted molar refractivity (Wildman–Crippen MR) is 263 cm³/mol. The molecule has 0 saturated heterocycles. The number of hydrogen-bond acceptors (Lipinski definition) is 4. The van der Waals surface area contributed by atoms with E-state index in [4.69, 9.17) is 8.83 Å². The highest BCUT2D eigenvalue weighted by Gasteiger charge is 2.38. The van der Waals surface area contributed by atoms with E-state index < -0.39 is 0 Å². The maximum absolute atomic E-state index is 6.60. The summed E-state index contributed by atoms with van der Waals surface area (Å²) in [6.07, 6.45) is 0. The summed E-state index contributed by atoms with van der Waals surface area (Å²) in [5.74, 6) is 0. The summed E-state index contributed by atoms with van der Waals surface area (Å²) in [5, 5.41) is 9.41. The molecule has 0 bridgehead atoms. The van der Waals surface area contributed by atoms with Gasteiger partial charge in [0.05, 0.1) is 11.4 Å². The topological polar surface area (TPSA) is 32.8 Å². The fourth-order valence-electron chi connectivity index (χ4n) is 10.7. The first-order chi connectivity index (χ1) is 31.0. The first kappa shape index (κ1) is 35.7. The van der Waals surface area contributed by atoms with Crippen LogP contribution >= 0.6 is 0 Å². The van der Waals surface area contributed by atoms with Crippen molar-refractivity contribution in [1.29, 1.82) is 0 Å². The second kappa shape index (κ2) is 13.5. The van der Waals surface area contributed by atoms with Gasteiger partial charge in [-0.3, -0.25) is 0 Å². The van der Waals surface area contributed by atoms with Crippen LogP contribution in [-0.4, -0.2) is 0 Å². The molecule has 12 aromatic rings. The van der Waals surface area contributed by atoms with Crippen LogP contribution in [0.15, 0.2) is 215 Å². The third-order valence-electron chi connectivity index (χ3n) is 13.3. The van der Waals surface area contributed by atoms with Crippen molar-refractivity contribution < 1.29 is 8.83 Å². The fraction of sp³-hybridized carbons (Fsp3) is 0.0508. The van der Waals surface area contributed by atoms with E-state index in [2.05, 4.69) is 206 Å². The van der Waals surface area contributed by atoms with Crippen LogP contribution in [0.5, 0.6) is 0 Å². The Morgan fingerprint density at radius 2 is 0.746 bits per heavy atom. The van der Waals surface area contributed by atoms with E-state index in [1.807, 2.05) is 24.3 Å². The molecule has 0 aliphatic heterocycles.